The summed E-state index contributed by atoms with van der Waals surface area (Å²) in [6.45, 7) is 0. The van der Waals surface area contributed by atoms with Crippen molar-refractivity contribution in [3.8, 4) is 0 Å². The third-order valence-electron chi connectivity index (χ3n) is 1.77. The molecule has 0 saturated carbocycles. The molecule has 1 heterocycles. The summed E-state index contributed by atoms with van der Waals surface area (Å²) in [4.78, 5) is 3.88. The van der Waals surface area contributed by atoms with E-state index in [1.807, 2.05) is 0 Å². The first kappa shape index (κ1) is 7.21. The molecule has 0 aliphatic heterocycles. The molecule has 0 unspecified atom stereocenters. The predicted molar refractivity (Wildman–Crippen MR) is 40.6 cm³/mol. The Morgan fingerprint density at radius 1 is 1.25 bits per heavy atom. The molecule has 0 bridgehead atoms. The second kappa shape index (κ2) is 2.27. The Balaban J connectivity index is 2.87. The van der Waals surface area contributed by atoms with Crippen molar-refractivity contribution in [3.63, 3.8) is 0 Å². The third kappa shape index (κ3) is 0.879. The van der Waals surface area contributed by atoms with E-state index in [2.05, 4.69) is 4.98 Å². The van der Waals surface area contributed by atoms with Crippen molar-refractivity contribution in [2.75, 3.05) is 0 Å². The van der Waals surface area contributed by atoms with E-state index in [4.69, 9.17) is 0 Å². The van der Waals surface area contributed by atoms with Gasteiger partial charge >= 0.3 is 0 Å². The van der Waals surface area contributed by atoms with Crippen molar-refractivity contribution in [2.24, 2.45) is 7.05 Å². The van der Waals surface area contributed by atoms with Gasteiger partial charge in [-0.3, -0.25) is 0 Å². The van der Waals surface area contributed by atoms with Gasteiger partial charge in [0, 0.05) is 19.2 Å². The van der Waals surface area contributed by atoms with Crippen LogP contribution in [0.25, 0.3) is 11.0 Å². The highest BCUT2D eigenvalue weighted by atomic mass is 19.2. The quantitative estimate of drug-likeness (QED) is 0.587. The number of hydrogen-bond acceptors (Lipinski definition) is 1. The van der Waals surface area contributed by atoms with Gasteiger partial charge in [-0.1, -0.05) is 0 Å². The molecule has 2 rings (SSSR count). The van der Waals surface area contributed by atoms with E-state index in [0.717, 1.165) is 12.1 Å². The van der Waals surface area contributed by atoms with Crippen LogP contribution in [0.15, 0.2) is 18.5 Å². The molecule has 0 saturated heterocycles. The van der Waals surface area contributed by atoms with Crippen molar-refractivity contribution in [1.29, 1.82) is 0 Å². The molecule has 2 aromatic rings. The van der Waals surface area contributed by atoms with Crippen LogP contribution in [0.3, 0.4) is 0 Å². The van der Waals surface area contributed by atoms with Gasteiger partial charge in [-0.05, 0) is 0 Å². The zero-order chi connectivity index (χ0) is 8.72. The highest BCUT2D eigenvalue weighted by Gasteiger charge is 2.06. The molecule has 12 heavy (non-hydrogen) atoms. The van der Waals surface area contributed by atoms with E-state index >= 15 is 0 Å². The number of imidazole rings is 1. The third-order valence-corrected chi connectivity index (χ3v) is 1.77. The summed E-state index contributed by atoms with van der Waals surface area (Å²) >= 11 is 0. The summed E-state index contributed by atoms with van der Waals surface area (Å²) in [7, 11) is 1.73. The summed E-state index contributed by atoms with van der Waals surface area (Å²) in [5, 5.41) is 0. The Morgan fingerprint density at radius 2 is 1.92 bits per heavy atom. The fourth-order valence-corrected chi connectivity index (χ4v) is 1.12. The number of fused-ring (bicyclic) bond motifs is 1. The van der Waals surface area contributed by atoms with Crippen LogP contribution < -0.4 is 0 Å². The van der Waals surface area contributed by atoms with E-state index in [1.165, 1.54) is 6.33 Å². The zero-order valence-electron chi connectivity index (χ0n) is 6.38. The molecule has 2 nitrogen and oxygen atoms in total. The van der Waals surface area contributed by atoms with Crippen LogP contribution in [0.4, 0.5) is 8.78 Å². The molecule has 0 aliphatic carbocycles. The molecule has 0 atom stereocenters. The lowest BCUT2D eigenvalue weighted by Crippen LogP contribution is -1.87. The van der Waals surface area contributed by atoms with E-state index in [1.54, 1.807) is 11.6 Å². The van der Waals surface area contributed by atoms with Gasteiger partial charge in [-0.2, -0.15) is 0 Å². The number of aryl methyl sites for hydroxylation is 1. The van der Waals surface area contributed by atoms with Gasteiger partial charge in [0.2, 0.25) is 0 Å². The lowest BCUT2D eigenvalue weighted by atomic mass is 10.3. The van der Waals surface area contributed by atoms with Gasteiger partial charge in [-0.15, -0.1) is 0 Å². The van der Waals surface area contributed by atoms with Gasteiger partial charge < -0.3 is 4.57 Å². The normalized spacial score (nSPS) is 10.9. The lowest BCUT2D eigenvalue weighted by Gasteiger charge is -1.94. The number of nitrogens with zero attached hydrogens (tertiary/aromatic N) is 2. The van der Waals surface area contributed by atoms with Crippen LogP contribution in [0.1, 0.15) is 0 Å². The monoisotopic (exact) mass is 168 g/mol. The maximum Gasteiger partial charge on any atom is 0.161 e. The fourth-order valence-electron chi connectivity index (χ4n) is 1.12. The summed E-state index contributed by atoms with van der Waals surface area (Å²) < 4.78 is 27.0. The molecule has 1 aromatic carbocycles. The van der Waals surface area contributed by atoms with Crippen molar-refractivity contribution in [1.82, 2.24) is 9.55 Å². The number of hydrogen-bond donors (Lipinski definition) is 0. The number of halogens is 2. The maximum atomic E-state index is 12.7. The molecule has 1 aromatic heterocycles. The second-order valence-corrected chi connectivity index (χ2v) is 2.61. The van der Waals surface area contributed by atoms with Gasteiger partial charge in [0.1, 0.15) is 0 Å². The average molecular weight is 168 g/mol. The highest BCUT2D eigenvalue weighted by Crippen LogP contribution is 2.15. The number of aromatic nitrogens is 2. The standard InChI is InChI=1S/C8H6F2N2/c1-12-4-11-7-2-5(9)6(10)3-8(7)12/h2-4H,1H3. The molecular weight excluding hydrogens is 162 g/mol. The average Bonchev–Trinajstić information content (AvgIpc) is 2.35. The maximum absolute atomic E-state index is 12.7. The highest BCUT2D eigenvalue weighted by molar-refractivity contribution is 5.75. The van der Waals surface area contributed by atoms with Crippen LogP contribution in [0.2, 0.25) is 0 Å². The molecule has 62 valence electrons. The summed E-state index contributed by atoms with van der Waals surface area (Å²) in [6.07, 6.45) is 1.52. The van der Waals surface area contributed by atoms with Gasteiger partial charge in [-0.25, -0.2) is 13.8 Å². The lowest BCUT2D eigenvalue weighted by molar-refractivity contribution is 0.510. The van der Waals surface area contributed by atoms with Crippen molar-refractivity contribution >= 4 is 11.0 Å². The van der Waals surface area contributed by atoms with E-state index in [9.17, 15) is 8.78 Å². The Kier molecular flexibility index (Phi) is 1.36. The van der Waals surface area contributed by atoms with Crippen LogP contribution in [-0.4, -0.2) is 9.55 Å². The van der Waals surface area contributed by atoms with E-state index in [-0.39, 0.29) is 0 Å². The summed E-state index contributed by atoms with van der Waals surface area (Å²) in [6, 6.07) is 2.22. The SMILES string of the molecule is Cn1cnc2cc(F)c(F)cc21. The molecular formula is C8H6F2N2. The predicted octanol–water partition coefficient (Wildman–Crippen LogP) is 1.85. The van der Waals surface area contributed by atoms with Gasteiger partial charge in [0.15, 0.2) is 11.6 Å². The molecule has 0 radical (unpaired) electrons. The minimum Gasteiger partial charge on any atom is -0.334 e. The van der Waals surface area contributed by atoms with Crippen LogP contribution in [-0.2, 0) is 7.05 Å². The molecule has 4 heteroatoms. The van der Waals surface area contributed by atoms with E-state index in [0.29, 0.717) is 11.0 Å². The zero-order valence-corrected chi connectivity index (χ0v) is 6.38. The first-order valence-electron chi connectivity index (χ1n) is 3.44. The molecule has 0 fully saturated rings. The Morgan fingerprint density at radius 3 is 2.67 bits per heavy atom. The molecule has 0 amide bonds. The minimum atomic E-state index is -0.860. The topological polar surface area (TPSA) is 17.8 Å². The Hall–Kier alpha value is -1.45. The second-order valence-electron chi connectivity index (χ2n) is 2.61. The number of benzene rings is 1. The van der Waals surface area contributed by atoms with Crippen molar-refractivity contribution < 1.29 is 8.78 Å². The largest absolute Gasteiger partial charge is 0.334 e. The van der Waals surface area contributed by atoms with Crippen LogP contribution in [0, 0.1) is 11.6 Å². The Labute approximate surface area is 67.4 Å². The smallest absolute Gasteiger partial charge is 0.161 e. The fraction of sp³-hybridized carbons (Fsp3) is 0.125. The summed E-state index contributed by atoms with van der Waals surface area (Å²) in [5.74, 6) is -1.70. The van der Waals surface area contributed by atoms with Crippen molar-refractivity contribution in [2.45, 2.75) is 0 Å². The minimum absolute atomic E-state index is 0.469. The first-order valence-corrected chi connectivity index (χ1v) is 3.44. The Bertz CT molecular complexity index is 434. The summed E-state index contributed by atoms with van der Waals surface area (Å²) in [5.41, 5.74) is 1.06. The van der Waals surface area contributed by atoms with Crippen molar-refractivity contribution in [3.05, 3.63) is 30.1 Å². The van der Waals surface area contributed by atoms with Gasteiger partial charge in [0.25, 0.3) is 0 Å². The molecule has 0 N–H and O–H groups in total. The molecule has 0 aliphatic rings. The number of rotatable bonds is 0. The van der Waals surface area contributed by atoms with E-state index < -0.39 is 11.6 Å². The molecule has 0 spiro atoms. The van der Waals surface area contributed by atoms with Gasteiger partial charge in [0.05, 0.1) is 17.4 Å². The van der Waals surface area contributed by atoms with Crippen LogP contribution in [0.5, 0.6) is 0 Å². The first-order chi connectivity index (χ1) is 5.68. The van der Waals surface area contributed by atoms with Crippen LogP contribution >= 0.6 is 0 Å².